The van der Waals surface area contributed by atoms with E-state index in [4.69, 9.17) is 10.5 Å². The van der Waals surface area contributed by atoms with Crippen molar-refractivity contribution in [2.24, 2.45) is 5.73 Å². The maximum absolute atomic E-state index is 12.1. The van der Waals surface area contributed by atoms with Crippen LogP contribution in [0.25, 0.3) is 6.08 Å². The third-order valence-electron chi connectivity index (χ3n) is 3.61. The van der Waals surface area contributed by atoms with Crippen molar-refractivity contribution in [3.05, 3.63) is 76.4 Å². The van der Waals surface area contributed by atoms with Gasteiger partial charge in [0.15, 0.2) is 0 Å². The van der Waals surface area contributed by atoms with Crippen LogP contribution in [0.1, 0.15) is 29.2 Å². The Labute approximate surface area is 131 Å². The number of carbonyl (C=O) groups excluding carboxylic acids is 1. The highest BCUT2D eigenvalue weighted by atomic mass is 16.5. The zero-order valence-electron chi connectivity index (χ0n) is 13.0. The van der Waals surface area contributed by atoms with Crippen LogP contribution in [0.4, 0.5) is 0 Å². The van der Waals surface area contributed by atoms with Crippen LogP contribution in [-0.4, -0.2) is 5.97 Å². The van der Waals surface area contributed by atoms with Gasteiger partial charge >= 0.3 is 5.97 Å². The van der Waals surface area contributed by atoms with Gasteiger partial charge in [0.25, 0.3) is 0 Å². The summed E-state index contributed by atoms with van der Waals surface area (Å²) in [6.45, 7) is 4.55. The molecule has 0 radical (unpaired) electrons. The molecule has 0 aromatic heterocycles. The van der Waals surface area contributed by atoms with Crippen LogP contribution in [0.2, 0.25) is 0 Å². The molecule has 0 fully saturated rings. The third-order valence-corrected chi connectivity index (χ3v) is 3.61. The van der Waals surface area contributed by atoms with E-state index in [1.807, 2.05) is 61.5 Å². The van der Waals surface area contributed by atoms with Crippen LogP contribution in [-0.2, 0) is 22.7 Å². The Hall–Kier alpha value is -2.39. The minimum Gasteiger partial charge on any atom is -0.457 e. The average molecular weight is 295 g/mol. The fourth-order valence-corrected chi connectivity index (χ4v) is 2.21. The molecule has 0 spiro atoms. The lowest BCUT2D eigenvalue weighted by atomic mass is 10.0. The van der Waals surface area contributed by atoms with Gasteiger partial charge in [-0.05, 0) is 42.2 Å². The van der Waals surface area contributed by atoms with E-state index in [0.29, 0.717) is 12.1 Å². The second-order valence-corrected chi connectivity index (χ2v) is 5.22. The molecule has 0 amide bonds. The minimum absolute atomic E-state index is 0.284. The second-order valence-electron chi connectivity index (χ2n) is 5.22. The number of hydrogen-bond donors (Lipinski definition) is 1. The predicted octanol–water partition coefficient (Wildman–Crippen LogP) is 3.60. The van der Waals surface area contributed by atoms with Crippen LogP contribution < -0.4 is 5.73 Å². The van der Waals surface area contributed by atoms with E-state index in [1.165, 1.54) is 0 Å². The summed E-state index contributed by atoms with van der Waals surface area (Å²) in [5.74, 6) is -0.304. The van der Waals surface area contributed by atoms with E-state index in [2.05, 4.69) is 0 Å². The van der Waals surface area contributed by atoms with Gasteiger partial charge in [0.2, 0.25) is 0 Å². The molecule has 0 aliphatic rings. The lowest BCUT2D eigenvalue weighted by molar-refractivity contribution is -0.140. The summed E-state index contributed by atoms with van der Waals surface area (Å²) in [6.07, 6.45) is 1.85. The van der Waals surface area contributed by atoms with Crippen molar-refractivity contribution in [2.75, 3.05) is 0 Å². The molecule has 0 saturated heterocycles. The van der Waals surface area contributed by atoms with Crippen molar-refractivity contribution in [3.63, 3.8) is 0 Å². The lowest BCUT2D eigenvalue weighted by Gasteiger charge is -2.08. The first-order valence-electron chi connectivity index (χ1n) is 7.29. The van der Waals surface area contributed by atoms with Crippen molar-refractivity contribution in [3.8, 4) is 0 Å². The number of carbonyl (C=O) groups is 1. The molecule has 22 heavy (non-hydrogen) atoms. The average Bonchev–Trinajstić information content (AvgIpc) is 2.55. The summed E-state index contributed by atoms with van der Waals surface area (Å²) in [5, 5.41) is 0. The first kappa shape index (κ1) is 16.0. The zero-order valence-corrected chi connectivity index (χ0v) is 13.0. The van der Waals surface area contributed by atoms with Crippen LogP contribution in [0.15, 0.2) is 54.1 Å². The first-order chi connectivity index (χ1) is 10.6. The van der Waals surface area contributed by atoms with Crippen LogP contribution in [0.3, 0.4) is 0 Å². The van der Waals surface area contributed by atoms with Gasteiger partial charge in [-0.2, -0.15) is 0 Å². The fourth-order valence-electron chi connectivity index (χ4n) is 2.21. The van der Waals surface area contributed by atoms with Crippen molar-refractivity contribution in [1.29, 1.82) is 0 Å². The second kappa shape index (κ2) is 7.57. The van der Waals surface area contributed by atoms with E-state index >= 15 is 0 Å². The maximum Gasteiger partial charge on any atom is 0.334 e. The number of benzene rings is 2. The molecule has 0 aliphatic heterocycles. The molecule has 0 saturated carbocycles. The molecule has 2 aromatic rings. The molecule has 0 unspecified atom stereocenters. The van der Waals surface area contributed by atoms with E-state index in [-0.39, 0.29) is 12.6 Å². The van der Waals surface area contributed by atoms with E-state index in [9.17, 15) is 4.79 Å². The number of rotatable bonds is 5. The topological polar surface area (TPSA) is 52.3 Å². The highest BCUT2D eigenvalue weighted by molar-refractivity contribution is 5.93. The van der Waals surface area contributed by atoms with Gasteiger partial charge in [-0.25, -0.2) is 4.79 Å². The molecule has 2 rings (SSSR count). The van der Waals surface area contributed by atoms with E-state index in [0.717, 1.165) is 22.3 Å². The lowest BCUT2D eigenvalue weighted by Crippen LogP contribution is -2.06. The Morgan fingerprint density at radius 3 is 2.55 bits per heavy atom. The summed E-state index contributed by atoms with van der Waals surface area (Å²) in [7, 11) is 0. The van der Waals surface area contributed by atoms with Gasteiger partial charge in [0.1, 0.15) is 6.61 Å². The molecular weight excluding hydrogens is 274 g/mol. The van der Waals surface area contributed by atoms with Gasteiger partial charge in [-0.15, -0.1) is 0 Å². The van der Waals surface area contributed by atoms with E-state index < -0.39 is 0 Å². The van der Waals surface area contributed by atoms with Gasteiger partial charge < -0.3 is 10.5 Å². The summed E-state index contributed by atoms with van der Waals surface area (Å²) in [5.41, 5.74) is 10.4. The molecule has 2 aromatic carbocycles. The molecule has 0 bridgehead atoms. The predicted molar refractivity (Wildman–Crippen MR) is 89.0 cm³/mol. The number of hydrogen-bond acceptors (Lipinski definition) is 3. The quantitative estimate of drug-likeness (QED) is 0.677. The SMILES string of the molecule is CC(=Cc1cccc(CN)c1C)C(=O)OCc1ccccc1. The first-order valence-corrected chi connectivity index (χ1v) is 7.29. The summed E-state index contributed by atoms with van der Waals surface area (Å²) in [6, 6.07) is 15.6. The number of ether oxygens (including phenoxy) is 1. The molecule has 2 N–H and O–H groups in total. The van der Waals surface area contributed by atoms with E-state index in [1.54, 1.807) is 6.92 Å². The maximum atomic E-state index is 12.1. The Morgan fingerprint density at radius 1 is 1.14 bits per heavy atom. The van der Waals surface area contributed by atoms with Gasteiger partial charge in [-0.3, -0.25) is 0 Å². The molecule has 114 valence electrons. The van der Waals surface area contributed by atoms with Gasteiger partial charge in [0.05, 0.1) is 0 Å². The Morgan fingerprint density at radius 2 is 1.86 bits per heavy atom. The van der Waals surface area contributed by atoms with Gasteiger partial charge in [-0.1, -0.05) is 48.5 Å². The highest BCUT2D eigenvalue weighted by Gasteiger charge is 2.08. The molecule has 0 heterocycles. The summed E-state index contributed by atoms with van der Waals surface area (Å²) >= 11 is 0. The van der Waals surface area contributed by atoms with Gasteiger partial charge in [0, 0.05) is 12.1 Å². The molecule has 3 heteroatoms. The molecular formula is C19H21NO2. The van der Waals surface area contributed by atoms with Crippen molar-refractivity contribution >= 4 is 12.0 Å². The largest absolute Gasteiger partial charge is 0.457 e. The highest BCUT2D eigenvalue weighted by Crippen LogP contribution is 2.17. The molecule has 3 nitrogen and oxygen atoms in total. The normalized spacial score (nSPS) is 11.3. The smallest absolute Gasteiger partial charge is 0.334 e. The van der Waals surface area contributed by atoms with Crippen molar-refractivity contribution < 1.29 is 9.53 Å². The molecule has 0 atom stereocenters. The minimum atomic E-state index is -0.304. The monoisotopic (exact) mass is 295 g/mol. The summed E-state index contributed by atoms with van der Waals surface area (Å²) < 4.78 is 5.33. The summed E-state index contributed by atoms with van der Waals surface area (Å²) in [4.78, 5) is 12.1. The zero-order chi connectivity index (χ0) is 15.9. The Bertz CT molecular complexity index is 675. The van der Waals surface area contributed by atoms with Crippen LogP contribution in [0.5, 0.6) is 0 Å². The Kier molecular flexibility index (Phi) is 5.50. The Balaban J connectivity index is 2.07. The molecule has 0 aliphatic carbocycles. The van der Waals surface area contributed by atoms with Crippen molar-refractivity contribution in [1.82, 2.24) is 0 Å². The van der Waals surface area contributed by atoms with Crippen molar-refractivity contribution in [2.45, 2.75) is 27.0 Å². The standard InChI is InChI=1S/C19H21NO2/c1-14(11-17-9-6-10-18(12-20)15(17)2)19(21)22-13-16-7-4-3-5-8-16/h3-11H,12-13,20H2,1-2H3. The van der Waals surface area contributed by atoms with Crippen LogP contribution >= 0.6 is 0 Å². The fraction of sp³-hybridized carbons (Fsp3) is 0.211. The number of nitrogens with two attached hydrogens (primary N) is 1. The third kappa shape index (κ3) is 4.06. The van der Waals surface area contributed by atoms with Crippen LogP contribution in [0, 0.1) is 6.92 Å². The number of esters is 1.